The lowest BCUT2D eigenvalue weighted by Gasteiger charge is -2.33. The Morgan fingerprint density at radius 1 is 1.17 bits per heavy atom. The van der Waals surface area contributed by atoms with E-state index in [1.807, 2.05) is 24.0 Å². The fourth-order valence-electron chi connectivity index (χ4n) is 3.58. The van der Waals surface area contributed by atoms with Crippen molar-refractivity contribution < 1.29 is 24.2 Å². The Morgan fingerprint density at radius 2 is 1.90 bits per heavy atom. The highest BCUT2D eigenvalue weighted by Gasteiger charge is 2.27. The molecule has 1 unspecified atom stereocenters. The zero-order valence-electron chi connectivity index (χ0n) is 17.2. The van der Waals surface area contributed by atoms with Crippen LogP contribution in [0.15, 0.2) is 42.5 Å². The van der Waals surface area contributed by atoms with E-state index in [0.717, 1.165) is 24.9 Å². The SMILES string of the molecule is CCOC(=O)C1CCCN(c2ccc(NC(=O)c3ccc(C)cc3)c(C(=O)O)c2)C1. The topological polar surface area (TPSA) is 95.9 Å². The summed E-state index contributed by atoms with van der Waals surface area (Å²) in [4.78, 5) is 38.4. The molecule has 0 radical (unpaired) electrons. The molecule has 0 aliphatic carbocycles. The van der Waals surface area contributed by atoms with Gasteiger partial charge < -0.3 is 20.1 Å². The van der Waals surface area contributed by atoms with Gasteiger partial charge in [-0.15, -0.1) is 0 Å². The Bertz CT molecular complexity index is 939. The molecule has 1 atom stereocenters. The summed E-state index contributed by atoms with van der Waals surface area (Å²) in [7, 11) is 0. The van der Waals surface area contributed by atoms with Crippen LogP contribution in [-0.4, -0.2) is 42.6 Å². The van der Waals surface area contributed by atoms with Crippen LogP contribution in [0.25, 0.3) is 0 Å². The van der Waals surface area contributed by atoms with Crippen LogP contribution in [0.3, 0.4) is 0 Å². The van der Waals surface area contributed by atoms with Crippen LogP contribution in [0.1, 0.15) is 46.0 Å². The molecule has 2 aromatic rings. The largest absolute Gasteiger partial charge is 0.478 e. The predicted octanol–water partition coefficient (Wildman–Crippen LogP) is 3.73. The summed E-state index contributed by atoms with van der Waals surface area (Å²) in [6, 6.07) is 12.0. The third kappa shape index (κ3) is 4.97. The molecule has 0 bridgehead atoms. The number of hydrogen-bond acceptors (Lipinski definition) is 5. The highest BCUT2D eigenvalue weighted by atomic mass is 16.5. The molecule has 7 nitrogen and oxygen atoms in total. The zero-order chi connectivity index (χ0) is 21.7. The van der Waals surface area contributed by atoms with E-state index < -0.39 is 5.97 Å². The van der Waals surface area contributed by atoms with Gasteiger partial charge in [-0.1, -0.05) is 17.7 Å². The van der Waals surface area contributed by atoms with Crippen molar-refractivity contribution in [3.05, 3.63) is 59.2 Å². The molecular weight excluding hydrogens is 384 g/mol. The summed E-state index contributed by atoms with van der Waals surface area (Å²) >= 11 is 0. The van der Waals surface area contributed by atoms with Crippen LogP contribution >= 0.6 is 0 Å². The average Bonchev–Trinajstić information content (AvgIpc) is 2.74. The van der Waals surface area contributed by atoms with E-state index in [1.54, 1.807) is 37.3 Å². The normalized spacial score (nSPS) is 16.1. The molecular formula is C23H26N2O5. The number of rotatable bonds is 6. The molecule has 1 saturated heterocycles. The number of ether oxygens (including phenoxy) is 1. The number of nitrogens with zero attached hydrogens (tertiary/aromatic N) is 1. The number of anilines is 2. The van der Waals surface area contributed by atoms with E-state index in [-0.39, 0.29) is 29.0 Å². The van der Waals surface area contributed by atoms with Crippen LogP contribution in [0, 0.1) is 12.8 Å². The van der Waals surface area contributed by atoms with E-state index in [0.29, 0.717) is 24.4 Å². The molecule has 2 aromatic carbocycles. The number of carboxylic acid groups (broad SMARTS) is 1. The molecule has 0 saturated carbocycles. The average molecular weight is 410 g/mol. The molecule has 2 N–H and O–H groups in total. The maximum absolute atomic E-state index is 12.5. The minimum atomic E-state index is -1.13. The minimum Gasteiger partial charge on any atom is -0.478 e. The van der Waals surface area contributed by atoms with Crippen molar-refractivity contribution in [3.63, 3.8) is 0 Å². The van der Waals surface area contributed by atoms with E-state index in [2.05, 4.69) is 5.32 Å². The fourth-order valence-corrected chi connectivity index (χ4v) is 3.58. The van der Waals surface area contributed by atoms with Crippen molar-refractivity contribution in [1.82, 2.24) is 0 Å². The number of esters is 1. The van der Waals surface area contributed by atoms with Gasteiger partial charge in [0, 0.05) is 24.3 Å². The Hall–Kier alpha value is -3.35. The lowest BCUT2D eigenvalue weighted by Crippen LogP contribution is -2.39. The van der Waals surface area contributed by atoms with Crippen molar-refractivity contribution in [3.8, 4) is 0 Å². The van der Waals surface area contributed by atoms with Gasteiger partial charge in [-0.2, -0.15) is 0 Å². The number of benzene rings is 2. The monoisotopic (exact) mass is 410 g/mol. The fraction of sp³-hybridized carbons (Fsp3) is 0.348. The number of aryl methyl sites for hydroxylation is 1. The Morgan fingerprint density at radius 3 is 2.57 bits per heavy atom. The van der Waals surface area contributed by atoms with Crippen LogP contribution in [-0.2, 0) is 9.53 Å². The summed E-state index contributed by atoms with van der Waals surface area (Å²) in [6.07, 6.45) is 1.57. The summed E-state index contributed by atoms with van der Waals surface area (Å²) in [5, 5.41) is 12.4. The van der Waals surface area contributed by atoms with E-state index in [4.69, 9.17) is 4.74 Å². The summed E-state index contributed by atoms with van der Waals surface area (Å²) in [6.45, 7) is 5.25. The molecule has 1 aliphatic heterocycles. The molecule has 7 heteroatoms. The second-order valence-electron chi connectivity index (χ2n) is 7.39. The summed E-state index contributed by atoms with van der Waals surface area (Å²) in [5.74, 6) is -1.95. The molecule has 158 valence electrons. The van der Waals surface area contributed by atoms with E-state index in [9.17, 15) is 19.5 Å². The van der Waals surface area contributed by atoms with Crippen molar-refractivity contribution >= 4 is 29.2 Å². The van der Waals surface area contributed by atoms with Crippen LogP contribution in [0.2, 0.25) is 0 Å². The van der Waals surface area contributed by atoms with Crippen molar-refractivity contribution in [1.29, 1.82) is 0 Å². The molecule has 0 aromatic heterocycles. The minimum absolute atomic E-state index is 0.00576. The van der Waals surface area contributed by atoms with Gasteiger partial charge in [0.15, 0.2) is 0 Å². The molecule has 1 amide bonds. The molecule has 1 heterocycles. The second-order valence-corrected chi connectivity index (χ2v) is 7.39. The Labute approximate surface area is 175 Å². The standard InChI is InChI=1S/C23H26N2O5/c1-3-30-23(29)17-5-4-12-25(14-17)18-10-11-20(19(13-18)22(27)28)24-21(26)16-8-6-15(2)7-9-16/h6-11,13,17H,3-5,12,14H2,1-2H3,(H,24,26)(H,27,28). The quantitative estimate of drug-likeness (QED) is 0.705. The first-order chi connectivity index (χ1) is 14.4. The zero-order valence-corrected chi connectivity index (χ0v) is 17.2. The Balaban J connectivity index is 1.79. The van der Waals surface area contributed by atoms with Gasteiger partial charge in [0.05, 0.1) is 23.8 Å². The first-order valence-corrected chi connectivity index (χ1v) is 10.1. The number of amides is 1. The third-order valence-corrected chi connectivity index (χ3v) is 5.20. The predicted molar refractivity (Wildman–Crippen MR) is 114 cm³/mol. The van der Waals surface area contributed by atoms with Gasteiger partial charge >= 0.3 is 11.9 Å². The smallest absolute Gasteiger partial charge is 0.337 e. The van der Waals surface area contributed by atoms with Gasteiger partial charge in [-0.25, -0.2) is 4.79 Å². The summed E-state index contributed by atoms with van der Waals surface area (Å²) in [5.41, 5.74) is 2.43. The van der Waals surface area contributed by atoms with Gasteiger partial charge in [-0.05, 0) is 57.0 Å². The van der Waals surface area contributed by atoms with E-state index in [1.165, 1.54) is 0 Å². The van der Waals surface area contributed by atoms with E-state index >= 15 is 0 Å². The molecule has 30 heavy (non-hydrogen) atoms. The number of hydrogen-bond donors (Lipinski definition) is 2. The lowest BCUT2D eigenvalue weighted by atomic mass is 9.97. The number of carboxylic acids is 1. The lowest BCUT2D eigenvalue weighted by molar-refractivity contribution is -0.148. The first kappa shape index (κ1) is 21.4. The maximum Gasteiger partial charge on any atom is 0.337 e. The number of carbonyl (C=O) groups excluding carboxylic acids is 2. The first-order valence-electron chi connectivity index (χ1n) is 10.1. The maximum atomic E-state index is 12.5. The highest BCUT2D eigenvalue weighted by molar-refractivity contribution is 6.08. The molecule has 1 fully saturated rings. The van der Waals surface area contributed by atoms with Gasteiger partial charge in [-0.3, -0.25) is 9.59 Å². The Kier molecular flexibility index (Phi) is 6.72. The molecule has 3 rings (SSSR count). The highest BCUT2D eigenvalue weighted by Crippen LogP contribution is 2.28. The summed E-state index contributed by atoms with van der Waals surface area (Å²) < 4.78 is 5.13. The van der Waals surface area contributed by atoms with Crippen LogP contribution in [0.5, 0.6) is 0 Å². The molecule has 1 aliphatic rings. The third-order valence-electron chi connectivity index (χ3n) is 5.20. The van der Waals surface area contributed by atoms with Crippen LogP contribution in [0.4, 0.5) is 11.4 Å². The van der Waals surface area contributed by atoms with Crippen molar-refractivity contribution in [2.75, 3.05) is 29.9 Å². The van der Waals surface area contributed by atoms with Gasteiger partial charge in [0.1, 0.15) is 0 Å². The second kappa shape index (κ2) is 9.43. The number of nitrogens with one attached hydrogen (secondary N) is 1. The number of carbonyl (C=O) groups is 3. The van der Waals surface area contributed by atoms with Gasteiger partial charge in [0.25, 0.3) is 5.91 Å². The van der Waals surface area contributed by atoms with Crippen LogP contribution < -0.4 is 10.2 Å². The number of aromatic carboxylic acids is 1. The van der Waals surface area contributed by atoms with Crippen molar-refractivity contribution in [2.24, 2.45) is 5.92 Å². The molecule has 0 spiro atoms. The number of piperidine rings is 1. The van der Waals surface area contributed by atoms with Crippen molar-refractivity contribution in [2.45, 2.75) is 26.7 Å². The van der Waals surface area contributed by atoms with Gasteiger partial charge in [0.2, 0.25) is 0 Å².